The lowest BCUT2D eigenvalue weighted by Gasteiger charge is -2.35. The molecule has 2 aromatic rings. The first kappa shape index (κ1) is 20.9. The SMILES string of the molecule is COC(=O)CNC(=O)CN1C(=O)CCSC1c1c(C)nn(-c2ccccc2)c1C. The summed E-state index contributed by atoms with van der Waals surface area (Å²) in [6.45, 7) is 3.54. The van der Waals surface area contributed by atoms with E-state index in [-0.39, 0.29) is 24.4 Å². The number of methoxy groups -OCH3 is 1. The molecular weight excluding hydrogens is 392 g/mol. The van der Waals surface area contributed by atoms with Gasteiger partial charge in [-0.05, 0) is 26.0 Å². The normalized spacial score (nSPS) is 16.6. The Morgan fingerprint density at radius 3 is 2.69 bits per heavy atom. The van der Waals surface area contributed by atoms with E-state index in [1.807, 2.05) is 48.9 Å². The zero-order valence-corrected chi connectivity index (χ0v) is 17.5. The van der Waals surface area contributed by atoms with Crippen molar-refractivity contribution in [2.24, 2.45) is 0 Å². The molecule has 0 spiro atoms. The van der Waals surface area contributed by atoms with Crippen molar-refractivity contribution in [2.75, 3.05) is 26.0 Å². The summed E-state index contributed by atoms with van der Waals surface area (Å²) in [5.74, 6) is -0.348. The molecule has 0 aliphatic carbocycles. The highest BCUT2D eigenvalue weighted by Crippen LogP contribution is 2.40. The number of hydrogen-bond acceptors (Lipinski definition) is 6. The molecule has 1 aliphatic rings. The average Bonchev–Trinajstić information content (AvgIpc) is 3.02. The first-order valence-corrected chi connectivity index (χ1v) is 10.3. The van der Waals surface area contributed by atoms with Crippen LogP contribution in [0.5, 0.6) is 0 Å². The van der Waals surface area contributed by atoms with Crippen molar-refractivity contribution in [1.82, 2.24) is 20.0 Å². The van der Waals surface area contributed by atoms with Crippen molar-refractivity contribution in [2.45, 2.75) is 25.6 Å². The van der Waals surface area contributed by atoms with Crippen molar-refractivity contribution in [3.8, 4) is 5.69 Å². The number of ether oxygens (including phenoxy) is 1. The molecule has 1 saturated heterocycles. The number of para-hydroxylation sites is 1. The van der Waals surface area contributed by atoms with Crippen LogP contribution in [0.4, 0.5) is 0 Å². The number of amides is 2. The lowest BCUT2D eigenvalue weighted by Crippen LogP contribution is -2.45. The van der Waals surface area contributed by atoms with Crippen LogP contribution in [0.25, 0.3) is 5.69 Å². The Morgan fingerprint density at radius 1 is 1.28 bits per heavy atom. The van der Waals surface area contributed by atoms with Crippen LogP contribution in [0.1, 0.15) is 28.7 Å². The summed E-state index contributed by atoms with van der Waals surface area (Å²) in [6.07, 6.45) is 0.371. The van der Waals surface area contributed by atoms with Crippen LogP contribution in [0.15, 0.2) is 30.3 Å². The van der Waals surface area contributed by atoms with Gasteiger partial charge in [0.05, 0.1) is 18.5 Å². The fourth-order valence-electron chi connectivity index (χ4n) is 3.32. The molecule has 0 radical (unpaired) electrons. The van der Waals surface area contributed by atoms with Crippen molar-refractivity contribution >= 4 is 29.5 Å². The van der Waals surface area contributed by atoms with Crippen LogP contribution in [0, 0.1) is 13.8 Å². The third-order valence-corrected chi connectivity index (χ3v) is 6.01. The molecule has 1 aromatic carbocycles. The zero-order valence-electron chi connectivity index (χ0n) is 16.7. The van der Waals surface area contributed by atoms with Gasteiger partial charge in [-0.2, -0.15) is 5.10 Å². The molecule has 1 fully saturated rings. The summed E-state index contributed by atoms with van der Waals surface area (Å²) in [6, 6.07) is 9.78. The van der Waals surface area contributed by atoms with E-state index in [2.05, 4.69) is 15.2 Å². The van der Waals surface area contributed by atoms with Gasteiger partial charge in [0.25, 0.3) is 0 Å². The second kappa shape index (κ2) is 9.13. The molecule has 1 N–H and O–H groups in total. The first-order valence-electron chi connectivity index (χ1n) is 9.28. The minimum Gasteiger partial charge on any atom is -0.468 e. The fourth-order valence-corrected chi connectivity index (χ4v) is 4.71. The molecule has 2 heterocycles. The molecule has 0 saturated carbocycles. The van der Waals surface area contributed by atoms with Gasteiger partial charge in [-0.1, -0.05) is 18.2 Å². The lowest BCUT2D eigenvalue weighted by molar-refractivity contribution is -0.141. The predicted molar refractivity (Wildman–Crippen MR) is 110 cm³/mol. The topological polar surface area (TPSA) is 93.5 Å². The molecule has 3 rings (SSSR count). The number of benzene rings is 1. The highest BCUT2D eigenvalue weighted by atomic mass is 32.2. The predicted octanol–water partition coefficient (Wildman–Crippen LogP) is 1.74. The number of rotatable bonds is 6. The van der Waals surface area contributed by atoms with Gasteiger partial charge >= 0.3 is 5.97 Å². The number of aromatic nitrogens is 2. The molecule has 0 bridgehead atoms. The van der Waals surface area contributed by atoms with E-state index < -0.39 is 11.9 Å². The number of nitrogens with zero attached hydrogens (tertiary/aromatic N) is 3. The molecule has 1 aliphatic heterocycles. The smallest absolute Gasteiger partial charge is 0.325 e. The molecule has 1 atom stereocenters. The highest BCUT2D eigenvalue weighted by Gasteiger charge is 2.35. The van der Waals surface area contributed by atoms with Crippen molar-refractivity contribution < 1.29 is 19.1 Å². The maximum atomic E-state index is 12.6. The molecule has 8 nitrogen and oxygen atoms in total. The van der Waals surface area contributed by atoms with Crippen LogP contribution in [0.2, 0.25) is 0 Å². The monoisotopic (exact) mass is 416 g/mol. The summed E-state index contributed by atoms with van der Waals surface area (Å²) in [7, 11) is 1.26. The number of aryl methyl sites for hydroxylation is 1. The Balaban J connectivity index is 1.86. The van der Waals surface area contributed by atoms with Crippen LogP contribution < -0.4 is 5.32 Å². The molecule has 154 valence electrons. The fraction of sp³-hybridized carbons (Fsp3) is 0.400. The molecule has 2 amide bonds. The van der Waals surface area contributed by atoms with Crippen molar-refractivity contribution in [3.63, 3.8) is 0 Å². The van der Waals surface area contributed by atoms with Gasteiger partial charge in [0.2, 0.25) is 11.8 Å². The van der Waals surface area contributed by atoms with Crippen LogP contribution in [-0.4, -0.2) is 58.4 Å². The van der Waals surface area contributed by atoms with E-state index >= 15 is 0 Å². The number of esters is 1. The van der Waals surface area contributed by atoms with Crippen molar-refractivity contribution in [3.05, 3.63) is 47.3 Å². The minimum absolute atomic E-state index is 0.0896. The molecule has 9 heteroatoms. The van der Waals surface area contributed by atoms with Gasteiger partial charge in [-0.3, -0.25) is 14.4 Å². The Hall–Kier alpha value is -2.81. The zero-order chi connectivity index (χ0) is 21.0. The van der Waals surface area contributed by atoms with E-state index in [4.69, 9.17) is 0 Å². The van der Waals surface area contributed by atoms with Crippen molar-refractivity contribution in [1.29, 1.82) is 0 Å². The Kier molecular flexibility index (Phi) is 6.58. The van der Waals surface area contributed by atoms with E-state index in [0.29, 0.717) is 12.2 Å². The number of carbonyl (C=O) groups is 3. The standard InChI is InChI=1S/C20H24N4O4S/c1-13-19(14(2)24(22-13)15-7-5-4-6-8-15)20-23(17(26)9-10-29-20)12-16(25)21-11-18(27)28-3/h4-8,20H,9-12H2,1-3H3,(H,21,25). The van der Waals surface area contributed by atoms with Crippen LogP contribution in [0.3, 0.4) is 0 Å². The quantitative estimate of drug-likeness (QED) is 0.721. The van der Waals surface area contributed by atoms with E-state index in [1.165, 1.54) is 7.11 Å². The second-order valence-electron chi connectivity index (χ2n) is 6.68. The summed E-state index contributed by atoms with van der Waals surface area (Å²) in [5.41, 5.74) is 3.63. The third kappa shape index (κ3) is 4.61. The highest BCUT2D eigenvalue weighted by molar-refractivity contribution is 7.99. The number of thioether (sulfide) groups is 1. The maximum Gasteiger partial charge on any atom is 0.325 e. The van der Waals surface area contributed by atoms with Gasteiger partial charge in [0.1, 0.15) is 18.5 Å². The Bertz CT molecular complexity index is 913. The number of carbonyl (C=O) groups excluding carboxylic acids is 3. The molecule has 1 aromatic heterocycles. The van der Waals surface area contributed by atoms with E-state index in [0.717, 1.165) is 22.6 Å². The van der Waals surface area contributed by atoms with Gasteiger partial charge in [-0.15, -0.1) is 11.8 Å². The number of nitrogens with one attached hydrogen (secondary N) is 1. The van der Waals surface area contributed by atoms with E-state index in [9.17, 15) is 14.4 Å². The van der Waals surface area contributed by atoms with Gasteiger partial charge in [0.15, 0.2) is 0 Å². The molecular formula is C20H24N4O4S. The summed E-state index contributed by atoms with van der Waals surface area (Å²) < 4.78 is 6.39. The molecule has 1 unspecified atom stereocenters. The largest absolute Gasteiger partial charge is 0.468 e. The van der Waals surface area contributed by atoms with Crippen LogP contribution in [-0.2, 0) is 19.1 Å². The van der Waals surface area contributed by atoms with E-state index in [1.54, 1.807) is 16.7 Å². The third-order valence-electron chi connectivity index (χ3n) is 4.76. The van der Waals surface area contributed by atoms with Crippen LogP contribution >= 0.6 is 11.8 Å². The average molecular weight is 417 g/mol. The lowest BCUT2D eigenvalue weighted by atomic mass is 10.1. The maximum absolute atomic E-state index is 12.6. The minimum atomic E-state index is -0.537. The first-order chi connectivity index (χ1) is 13.9. The molecule has 29 heavy (non-hydrogen) atoms. The Morgan fingerprint density at radius 2 is 2.00 bits per heavy atom. The van der Waals surface area contributed by atoms with Gasteiger partial charge in [-0.25, -0.2) is 4.68 Å². The second-order valence-corrected chi connectivity index (χ2v) is 7.87. The Labute approximate surface area is 173 Å². The van der Waals surface area contributed by atoms with Gasteiger partial charge in [0, 0.05) is 23.4 Å². The summed E-state index contributed by atoms with van der Waals surface area (Å²) >= 11 is 1.62. The van der Waals surface area contributed by atoms with Gasteiger partial charge < -0.3 is 15.0 Å². The summed E-state index contributed by atoms with van der Waals surface area (Å²) in [4.78, 5) is 37.7. The number of hydrogen-bond donors (Lipinski definition) is 1. The summed E-state index contributed by atoms with van der Waals surface area (Å²) in [5, 5.41) is 6.86.